The molecule has 0 atom stereocenters. The second-order valence-electron chi connectivity index (χ2n) is 4.34. The van der Waals surface area contributed by atoms with Crippen molar-refractivity contribution in [1.82, 2.24) is 4.98 Å². The first kappa shape index (κ1) is 13.7. The van der Waals surface area contributed by atoms with E-state index in [9.17, 15) is 9.18 Å². The number of hydrogen-bond acceptors (Lipinski definition) is 3. The van der Waals surface area contributed by atoms with E-state index in [0.717, 1.165) is 11.8 Å². The third-order valence-corrected chi connectivity index (χ3v) is 2.82. The van der Waals surface area contributed by atoms with Gasteiger partial charge in [-0.05, 0) is 44.2 Å². The van der Waals surface area contributed by atoms with E-state index < -0.39 is 5.82 Å². The summed E-state index contributed by atoms with van der Waals surface area (Å²) in [6.45, 7) is 3.57. The number of rotatable bonds is 2. The van der Waals surface area contributed by atoms with Gasteiger partial charge in [0.2, 0.25) is 0 Å². The number of aryl methyl sites for hydroxylation is 2. The summed E-state index contributed by atoms with van der Waals surface area (Å²) < 4.78 is 13.0. The van der Waals surface area contributed by atoms with Crippen LogP contribution in [0.3, 0.4) is 0 Å². The number of anilines is 1. The zero-order chi connectivity index (χ0) is 14.7. The fourth-order valence-corrected chi connectivity index (χ4v) is 1.83. The number of pyridine rings is 1. The zero-order valence-corrected chi connectivity index (χ0v) is 11.1. The second-order valence-corrected chi connectivity index (χ2v) is 4.34. The molecule has 0 aliphatic heterocycles. The molecule has 0 spiro atoms. The molecule has 100 valence electrons. The molecule has 0 bridgehead atoms. The van der Waals surface area contributed by atoms with Gasteiger partial charge in [0, 0.05) is 5.69 Å². The maximum Gasteiger partial charge on any atom is 0.257 e. The summed E-state index contributed by atoms with van der Waals surface area (Å²) in [5.41, 5.74) is 2.19. The Bertz CT molecular complexity index is 720. The van der Waals surface area contributed by atoms with Crippen LogP contribution in [0.15, 0.2) is 30.3 Å². The Morgan fingerprint density at radius 1 is 1.30 bits per heavy atom. The highest BCUT2D eigenvalue weighted by Crippen LogP contribution is 2.17. The number of amides is 1. The van der Waals surface area contributed by atoms with Gasteiger partial charge in [0.15, 0.2) is 0 Å². The number of nitrogens with zero attached hydrogens (tertiary/aromatic N) is 2. The number of halogens is 1. The summed E-state index contributed by atoms with van der Waals surface area (Å²) in [4.78, 5) is 16.4. The minimum absolute atomic E-state index is 0.0797. The lowest BCUT2D eigenvalue weighted by atomic mass is 10.1. The van der Waals surface area contributed by atoms with Crippen LogP contribution in [-0.4, -0.2) is 10.9 Å². The lowest BCUT2D eigenvalue weighted by molar-refractivity contribution is 0.102. The smallest absolute Gasteiger partial charge is 0.257 e. The highest BCUT2D eigenvalue weighted by molar-refractivity contribution is 6.05. The summed E-state index contributed by atoms with van der Waals surface area (Å²) in [6, 6.07) is 8.88. The maximum atomic E-state index is 13.0. The molecule has 1 aromatic heterocycles. The van der Waals surface area contributed by atoms with E-state index in [4.69, 9.17) is 5.26 Å². The molecule has 4 nitrogen and oxygen atoms in total. The van der Waals surface area contributed by atoms with Crippen molar-refractivity contribution in [3.05, 3.63) is 58.7 Å². The Morgan fingerprint density at radius 2 is 2.05 bits per heavy atom. The highest BCUT2D eigenvalue weighted by atomic mass is 19.1. The van der Waals surface area contributed by atoms with Crippen LogP contribution in [0.4, 0.5) is 10.1 Å². The van der Waals surface area contributed by atoms with Gasteiger partial charge in [-0.2, -0.15) is 5.26 Å². The molecule has 0 aliphatic rings. The third kappa shape index (κ3) is 2.81. The zero-order valence-electron chi connectivity index (χ0n) is 11.1. The Morgan fingerprint density at radius 3 is 2.70 bits per heavy atom. The van der Waals surface area contributed by atoms with Gasteiger partial charge in [0.05, 0.1) is 22.5 Å². The number of carbonyl (C=O) groups excluding carboxylic acids is 1. The summed E-state index contributed by atoms with van der Waals surface area (Å²) in [7, 11) is 0. The summed E-state index contributed by atoms with van der Waals surface area (Å²) in [5.74, 6) is -0.897. The SMILES string of the molecule is Cc1ccc(C(=O)Nc2ccc(F)cc2C#N)c(C)n1. The second kappa shape index (κ2) is 5.49. The van der Waals surface area contributed by atoms with Crippen molar-refractivity contribution in [3.63, 3.8) is 0 Å². The fourth-order valence-electron chi connectivity index (χ4n) is 1.83. The van der Waals surface area contributed by atoms with Gasteiger partial charge < -0.3 is 5.32 Å². The van der Waals surface area contributed by atoms with Gasteiger partial charge in [-0.1, -0.05) is 0 Å². The van der Waals surface area contributed by atoms with E-state index in [1.54, 1.807) is 19.1 Å². The number of hydrogen-bond donors (Lipinski definition) is 1. The van der Waals surface area contributed by atoms with Crippen LogP contribution in [0.25, 0.3) is 0 Å². The minimum Gasteiger partial charge on any atom is -0.321 e. The van der Waals surface area contributed by atoms with Crippen LogP contribution in [0.5, 0.6) is 0 Å². The van der Waals surface area contributed by atoms with Crippen LogP contribution in [0.1, 0.15) is 27.3 Å². The van der Waals surface area contributed by atoms with Crippen molar-refractivity contribution >= 4 is 11.6 Å². The molecular weight excluding hydrogens is 257 g/mol. The summed E-state index contributed by atoms with van der Waals surface area (Å²) in [6.07, 6.45) is 0. The highest BCUT2D eigenvalue weighted by Gasteiger charge is 2.12. The Labute approximate surface area is 115 Å². The molecule has 20 heavy (non-hydrogen) atoms. The van der Waals surface area contributed by atoms with Gasteiger partial charge in [0.1, 0.15) is 11.9 Å². The number of benzene rings is 1. The predicted octanol–water partition coefficient (Wildman–Crippen LogP) is 2.96. The third-order valence-electron chi connectivity index (χ3n) is 2.82. The summed E-state index contributed by atoms with van der Waals surface area (Å²) in [5, 5.41) is 11.5. The van der Waals surface area contributed by atoms with Crippen molar-refractivity contribution in [1.29, 1.82) is 5.26 Å². The molecule has 1 heterocycles. The lowest BCUT2D eigenvalue weighted by Crippen LogP contribution is -2.15. The van der Waals surface area contributed by atoms with Crippen LogP contribution < -0.4 is 5.32 Å². The molecule has 2 rings (SSSR count). The van der Waals surface area contributed by atoms with Crippen LogP contribution in [-0.2, 0) is 0 Å². The number of aromatic nitrogens is 1. The molecule has 1 aromatic carbocycles. The van der Waals surface area contributed by atoms with Gasteiger partial charge in [-0.3, -0.25) is 9.78 Å². The number of nitrogens with one attached hydrogen (secondary N) is 1. The molecule has 5 heteroatoms. The van der Waals surface area contributed by atoms with Gasteiger partial charge in [0.25, 0.3) is 5.91 Å². The molecule has 1 N–H and O–H groups in total. The van der Waals surface area contributed by atoms with E-state index >= 15 is 0 Å². The van der Waals surface area contributed by atoms with Crippen molar-refractivity contribution in [2.45, 2.75) is 13.8 Å². The van der Waals surface area contributed by atoms with Gasteiger partial charge >= 0.3 is 0 Å². The maximum absolute atomic E-state index is 13.0. The van der Waals surface area contributed by atoms with Gasteiger partial charge in [-0.15, -0.1) is 0 Å². The largest absolute Gasteiger partial charge is 0.321 e. The summed E-state index contributed by atoms with van der Waals surface area (Å²) >= 11 is 0. The minimum atomic E-state index is -0.521. The monoisotopic (exact) mass is 269 g/mol. The van der Waals surface area contributed by atoms with Gasteiger partial charge in [-0.25, -0.2) is 4.39 Å². The molecule has 0 saturated heterocycles. The van der Waals surface area contributed by atoms with E-state index in [-0.39, 0.29) is 17.2 Å². The van der Waals surface area contributed by atoms with Crippen molar-refractivity contribution < 1.29 is 9.18 Å². The fraction of sp³-hybridized carbons (Fsp3) is 0.133. The average molecular weight is 269 g/mol. The molecule has 0 fully saturated rings. The van der Waals surface area contributed by atoms with Crippen molar-refractivity contribution in [2.75, 3.05) is 5.32 Å². The first-order valence-corrected chi connectivity index (χ1v) is 5.96. The molecular formula is C15H12FN3O. The van der Waals surface area contributed by atoms with E-state index in [1.807, 2.05) is 13.0 Å². The molecule has 2 aromatic rings. The quantitative estimate of drug-likeness (QED) is 0.911. The van der Waals surface area contributed by atoms with E-state index in [1.165, 1.54) is 12.1 Å². The van der Waals surface area contributed by atoms with Crippen molar-refractivity contribution in [3.8, 4) is 6.07 Å². The number of carbonyl (C=O) groups is 1. The lowest BCUT2D eigenvalue weighted by Gasteiger charge is -2.09. The van der Waals surface area contributed by atoms with Crippen molar-refractivity contribution in [2.24, 2.45) is 0 Å². The Hall–Kier alpha value is -2.74. The molecule has 0 saturated carbocycles. The topological polar surface area (TPSA) is 65.8 Å². The molecule has 0 unspecified atom stereocenters. The van der Waals surface area contributed by atoms with E-state index in [2.05, 4.69) is 10.3 Å². The Balaban J connectivity index is 2.31. The van der Waals surface area contributed by atoms with Crippen LogP contribution in [0.2, 0.25) is 0 Å². The normalized spacial score (nSPS) is 9.90. The average Bonchev–Trinajstić information content (AvgIpc) is 2.40. The Kier molecular flexibility index (Phi) is 3.76. The standard InChI is InChI=1S/C15H12FN3O/c1-9-3-5-13(10(2)18-9)15(20)19-14-6-4-12(16)7-11(14)8-17/h3-7H,1-2H3,(H,19,20). The molecule has 0 aliphatic carbocycles. The predicted molar refractivity (Wildman–Crippen MR) is 72.8 cm³/mol. The number of nitriles is 1. The first-order chi connectivity index (χ1) is 9.51. The molecule has 1 amide bonds. The first-order valence-electron chi connectivity index (χ1n) is 5.96. The molecule has 0 radical (unpaired) electrons. The van der Waals surface area contributed by atoms with E-state index in [0.29, 0.717) is 11.3 Å². The van der Waals surface area contributed by atoms with Crippen LogP contribution in [0, 0.1) is 31.0 Å². The van der Waals surface area contributed by atoms with Crippen LogP contribution >= 0.6 is 0 Å².